The van der Waals surface area contributed by atoms with E-state index in [9.17, 15) is 0 Å². The molecular formula is C15H24N6. The van der Waals surface area contributed by atoms with E-state index < -0.39 is 0 Å². The van der Waals surface area contributed by atoms with Crippen LogP contribution in [0.1, 0.15) is 31.0 Å². The van der Waals surface area contributed by atoms with Gasteiger partial charge in [-0.15, -0.1) is 0 Å². The van der Waals surface area contributed by atoms with E-state index >= 15 is 0 Å². The lowest BCUT2D eigenvalue weighted by Gasteiger charge is -2.17. The smallest absolute Gasteiger partial charge is 0.226 e. The van der Waals surface area contributed by atoms with E-state index in [-0.39, 0.29) is 6.04 Å². The topological polar surface area (TPSA) is 88.8 Å². The maximum atomic E-state index is 5.64. The molecule has 2 aromatic heterocycles. The van der Waals surface area contributed by atoms with Crippen LogP contribution < -0.4 is 16.4 Å². The fraction of sp³-hybridized carbons (Fsp3) is 0.533. The van der Waals surface area contributed by atoms with Gasteiger partial charge in [0.25, 0.3) is 0 Å². The van der Waals surface area contributed by atoms with Crippen molar-refractivity contribution < 1.29 is 0 Å². The number of aromatic nitrogens is 3. The highest BCUT2D eigenvalue weighted by Gasteiger charge is 2.13. The maximum absolute atomic E-state index is 5.64. The third kappa shape index (κ3) is 3.39. The molecule has 0 aliphatic heterocycles. The molecule has 2 heterocycles. The lowest BCUT2D eigenvalue weighted by atomic mass is 10.1. The van der Waals surface area contributed by atoms with Crippen LogP contribution in [0.2, 0.25) is 0 Å². The van der Waals surface area contributed by atoms with Crippen molar-refractivity contribution in [2.75, 3.05) is 24.2 Å². The molecule has 2 aromatic rings. The lowest BCUT2D eigenvalue weighted by Crippen LogP contribution is -2.23. The molecule has 0 saturated carbocycles. The van der Waals surface area contributed by atoms with Gasteiger partial charge in [-0.05, 0) is 44.9 Å². The highest BCUT2D eigenvalue weighted by molar-refractivity contribution is 5.90. The van der Waals surface area contributed by atoms with Crippen LogP contribution in [-0.2, 0) is 0 Å². The molecule has 114 valence electrons. The van der Waals surface area contributed by atoms with E-state index in [4.69, 9.17) is 5.73 Å². The number of nitrogens with one attached hydrogen (secondary N) is 2. The van der Waals surface area contributed by atoms with Crippen molar-refractivity contribution in [1.29, 1.82) is 0 Å². The fourth-order valence-corrected chi connectivity index (χ4v) is 2.49. The second kappa shape index (κ2) is 6.67. The van der Waals surface area contributed by atoms with E-state index in [2.05, 4.69) is 39.4 Å². The number of nitrogens with zero attached hydrogens (tertiary/aromatic N) is 3. The monoisotopic (exact) mass is 288 g/mol. The Morgan fingerprint density at radius 2 is 2.00 bits per heavy atom. The largest absolute Gasteiger partial charge is 0.372 e. The van der Waals surface area contributed by atoms with Gasteiger partial charge in [0.2, 0.25) is 5.95 Å². The number of rotatable bonds is 6. The summed E-state index contributed by atoms with van der Waals surface area (Å²) in [5.41, 5.74) is 8.45. The van der Waals surface area contributed by atoms with Gasteiger partial charge < -0.3 is 16.4 Å². The number of nitrogens with two attached hydrogens (primary N) is 1. The fourth-order valence-electron chi connectivity index (χ4n) is 2.49. The molecule has 0 spiro atoms. The molecule has 6 nitrogen and oxygen atoms in total. The number of hydrogen-bond donors (Lipinski definition) is 3. The van der Waals surface area contributed by atoms with Crippen molar-refractivity contribution in [3.8, 4) is 0 Å². The summed E-state index contributed by atoms with van der Waals surface area (Å²) in [5.74, 6) is 1.40. The van der Waals surface area contributed by atoms with Crippen molar-refractivity contribution in [2.45, 2.75) is 39.7 Å². The van der Waals surface area contributed by atoms with Gasteiger partial charge in [-0.2, -0.15) is 9.97 Å². The summed E-state index contributed by atoms with van der Waals surface area (Å²) in [5, 5.41) is 7.46. The molecule has 4 N–H and O–H groups in total. The molecule has 0 aliphatic carbocycles. The maximum Gasteiger partial charge on any atom is 0.226 e. The standard InChI is InChI=1S/C15H24N6/c1-5-11(6-7-16)19-15-20-13(17-4)12-9(2)8-10(3)18-14(12)21-15/h8,11H,5-7,16H2,1-4H3,(H2,17,18,19,20,21). The predicted octanol–water partition coefficient (Wildman–Crippen LogP) is 2.22. The van der Waals surface area contributed by atoms with Crippen molar-refractivity contribution in [3.63, 3.8) is 0 Å². The molecule has 1 unspecified atom stereocenters. The molecule has 0 radical (unpaired) electrons. The molecule has 0 amide bonds. The Bertz CT molecular complexity index is 625. The van der Waals surface area contributed by atoms with Crippen LogP contribution in [0.4, 0.5) is 11.8 Å². The quantitative estimate of drug-likeness (QED) is 0.755. The predicted molar refractivity (Wildman–Crippen MR) is 87.7 cm³/mol. The molecule has 1 atom stereocenters. The SMILES string of the molecule is CCC(CCN)Nc1nc(NC)c2c(C)cc(C)nc2n1. The van der Waals surface area contributed by atoms with Gasteiger partial charge in [-0.1, -0.05) is 6.92 Å². The van der Waals surface area contributed by atoms with E-state index in [1.165, 1.54) is 0 Å². The first-order valence-corrected chi connectivity index (χ1v) is 7.39. The van der Waals surface area contributed by atoms with Crippen LogP contribution in [0, 0.1) is 13.8 Å². The summed E-state index contributed by atoms with van der Waals surface area (Å²) in [6.45, 7) is 6.80. The van der Waals surface area contributed by atoms with Gasteiger partial charge in [0.05, 0.1) is 5.39 Å². The Morgan fingerprint density at radius 3 is 2.62 bits per heavy atom. The number of aryl methyl sites for hydroxylation is 2. The lowest BCUT2D eigenvalue weighted by molar-refractivity contribution is 0.637. The van der Waals surface area contributed by atoms with Crippen molar-refractivity contribution in [1.82, 2.24) is 15.0 Å². The Hall–Kier alpha value is -1.95. The van der Waals surface area contributed by atoms with Gasteiger partial charge >= 0.3 is 0 Å². The van der Waals surface area contributed by atoms with Crippen LogP contribution in [0.15, 0.2) is 6.07 Å². The van der Waals surface area contributed by atoms with E-state index in [0.29, 0.717) is 12.5 Å². The molecule has 0 saturated heterocycles. The summed E-state index contributed by atoms with van der Waals surface area (Å²) in [4.78, 5) is 13.7. The number of hydrogen-bond acceptors (Lipinski definition) is 6. The Labute approximate surface area is 125 Å². The molecule has 0 bridgehead atoms. The minimum absolute atomic E-state index is 0.281. The molecular weight excluding hydrogens is 264 g/mol. The minimum atomic E-state index is 0.281. The Kier molecular flexibility index (Phi) is 4.90. The summed E-state index contributed by atoms with van der Waals surface area (Å²) in [6.07, 6.45) is 1.88. The van der Waals surface area contributed by atoms with Crippen molar-refractivity contribution >= 4 is 22.8 Å². The molecule has 6 heteroatoms. The van der Waals surface area contributed by atoms with Crippen LogP contribution in [0.5, 0.6) is 0 Å². The summed E-state index contributed by atoms with van der Waals surface area (Å²) in [7, 11) is 1.86. The van der Waals surface area contributed by atoms with Crippen LogP contribution in [-0.4, -0.2) is 34.6 Å². The third-order valence-corrected chi connectivity index (χ3v) is 3.57. The van der Waals surface area contributed by atoms with Crippen molar-refractivity contribution in [2.24, 2.45) is 5.73 Å². The Balaban J connectivity index is 2.47. The number of fused-ring (bicyclic) bond motifs is 1. The van der Waals surface area contributed by atoms with Crippen LogP contribution >= 0.6 is 0 Å². The zero-order chi connectivity index (χ0) is 15.4. The number of pyridine rings is 1. The first-order chi connectivity index (χ1) is 10.1. The number of anilines is 2. The minimum Gasteiger partial charge on any atom is -0.372 e. The summed E-state index contributed by atoms with van der Waals surface area (Å²) < 4.78 is 0. The van der Waals surface area contributed by atoms with Crippen LogP contribution in [0.3, 0.4) is 0 Å². The zero-order valence-corrected chi connectivity index (χ0v) is 13.2. The van der Waals surface area contributed by atoms with Crippen LogP contribution in [0.25, 0.3) is 11.0 Å². The van der Waals surface area contributed by atoms with Gasteiger partial charge in [0.15, 0.2) is 5.65 Å². The average Bonchev–Trinajstić information content (AvgIpc) is 2.45. The van der Waals surface area contributed by atoms with E-state index in [1.807, 2.05) is 20.0 Å². The van der Waals surface area contributed by atoms with Crippen molar-refractivity contribution in [3.05, 3.63) is 17.3 Å². The van der Waals surface area contributed by atoms with E-state index in [0.717, 1.165) is 41.0 Å². The third-order valence-electron chi connectivity index (χ3n) is 3.57. The van der Waals surface area contributed by atoms with Gasteiger partial charge in [-0.25, -0.2) is 4.98 Å². The first kappa shape index (κ1) is 15.4. The van der Waals surface area contributed by atoms with Gasteiger partial charge in [0, 0.05) is 18.8 Å². The molecule has 21 heavy (non-hydrogen) atoms. The molecule has 0 aliphatic rings. The molecule has 0 fully saturated rings. The normalized spacial score (nSPS) is 12.4. The zero-order valence-electron chi connectivity index (χ0n) is 13.2. The second-order valence-corrected chi connectivity index (χ2v) is 5.25. The van der Waals surface area contributed by atoms with E-state index in [1.54, 1.807) is 0 Å². The Morgan fingerprint density at radius 1 is 1.24 bits per heavy atom. The highest BCUT2D eigenvalue weighted by atomic mass is 15.2. The molecule has 2 rings (SSSR count). The highest BCUT2D eigenvalue weighted by Crippen LogP contribution is 2.25. The second-order valence-electron chi connectivity index (χ2n) is 5.25. The summed E-state index contributed by atoms with van der Waals surface area (Å²) >= 11 is 0. The first-order valence-electron chi connectivity index (χ1n) is 7.39. The molecule has 0 aromatic carbocycles. The van der Waals surface area contributed by atoms with Gasteiger partial charge in [0.1, 0.15) is 5.82 Å². The van der Waals surface area contributed by atoms with Gasteiger partial charge in [-0.3, -0.25) is 0 Å². The average molecular weight is 288 g/mol. The summed E-state index contributed by atoms with van der Waals surface area (Å²) in [6, 6.07) is 2.33.